The fourth-order valence-electron chi connectivity index (χ4n) is 3.98. The third kappa shape index (κ3) is 3.26. The van der Waals surface area contributed by atoms with E-state index >= 15 is 0 Å². The predicted octanol–water partition coefficient (Wildman–Crippen LogP) is 3.66. The van der Waals surface area contributed by atoms with Crippen LogP contribution in [0.4, 0.5) is 5.69 Å². The van der Waals surface area contributed by atoms with Crippen molar-refractivity contribution >= 4 is 28.6 Å². The molecule has 1 aromatic heterocycles. The molecule has 0 atom stereocenters. The first-order valence-corrected chi connectivity index (χ1v) is 9.48. The zero-order valence-electron chi connectivity index (χ0n) is 16.1. The number of carbonyl (C=O) groups excluding carboxylic acids is 2. The van der Waals surface area contributed by atoms with Gasteiger partial charge in [-0.2, -0.15) is 0 Å². The largest absolute Gasteiger partial charge is 0.441 e. The van der Waals surface area contributed by atoms with Crippen LogP contribution in [-0.4, -0.2) is 34.8 Å². The first kappa shape index (κ1) is 18.2. The molecular formula is C22H23N3O3. The summed E-state index contributed by atoms with van der Waals surface area (Å²) in [7, 11) is 0. The molecule has 2 aromatic carbocycles. The summed E-state index contributed by atoms with van der Waals surface area (Å²) in [6.07, 6.45) is 1.18. The van der Waals surface area contributed by atoms with Crippen molar-refractivity contribution in [2.45, 2.75) is 32.1 Å². The molecule has 0 spiro atoms. The zero-order valence-corrected chi connectivity index (χ0v) is 16.1. The lowest BCUT2D eigenvalue weighted by Crippen LogP contribution is -2.50. The van der Waals surface area contributed by atoms with E-state index in [4.69, 9.17) is 4.42 Å². The van der Waals surface area contributed by atoms with Gasteiger partial charge in [-0.25, -0.2) is 4.98 Å². The van der Waals surface area contributed by atoms with Crippen LogP contribution >= 0.6 is 0 Å². The van der Waals surface area contributed by atoms with Crippen LogP contribution in [0, 0.1) is 6.92 Å². The SMILES string of the molecule is CC(=O)N1CCC(C(=O)Nc2ccc3oc(C)nc3c2)(c2ccccc2)CC1. The fourth-order valence-corrected chi connectivity index (χ4v) is 3.98. The van der Waals surface area contributed by atoms with E-state index in [-0.39, 0.29) is 11.8 Å². The van der Waals surface area contributed by atoms with E-state index in [9.17, 15) is 9.59 Å². The molecule has 0 bridgehead atoms. The number of carbonyl (C=O) groups is 2. The Labute approximate surface area is 163 Å². The highest BCUT2D eigenvalue weighted by atomic mass is 16.3. The summed E-state index contributed by atoms with van der Waals surface area (Å²) in [6, 6.07) is 15.3. The van der Waals surface area contributed by atoms with Gasteiger partial charge in [0, 0.05) is 32.6 Å². The van der Waals surface area contributed by atoms with Crippen molar-refractivity contribution in [1.29, 1.82) is 0 Å². The van der Waals surface area contributed by atoms with Crippen LogP contribution in [0.25, 0.3) is 11.1 Å². The predicted molar refractivity (Wildman–Crippen MR) is 107 cm³/mol. The Kier molecular flexibility index (Phi) is 4.63. The number of oxazole rings is 1. The maximum absolute atomic E-state index is 13.4. The van der Waals surface area contributed by atoms with Crippen molar-refractivity contribution in [1.82, 2.24) is 9.88 Å². The third-order valence-corrected chi connectivity index (χ3v) is 5.58. The Morgan fingerprint density at radius 3 is 2.50 bits per heavy atom. The number of amides is 2. The van der Waals surface area contributed by atoms with Crippen LogP contribution in [0.3, 0.4) is 0 Å². The van der Waals surface area contributed by atoms with Gasteiger partial charge in [-0.15, -0.1) is 0 Å². The Hall–Kier alpha value is -3.15. The lowest BCUT2D eigenvalue weighted by Gasteiger charge is -2.40. The average molecular weight is 377 g/mol. The Morgan fingerprint density at radius 2 is 1.82 bits per heavy atom. The van der Waals surface area contributed by atoms with Crippen molar-refractivity contribution in [2.24, 2.45) is 0 Å². The number of nitrogens with zero attached hydrogens (tertiary/aromatic N) is 2. The zero-order chi connectivity index (χ0) is 19.7. The van der Waals surface area contributed by atoms with E-state index in [1.165, 1.54) is 0 Å². The topological polar surface area (TPSA) is 75.4 Å². The number of likely N-dealkylation sites (tertiary alicyclic amines) is 1. The van der Waals surface area contributed by atoms with Gasteiger partial charge in [-0.1, -0.05) is 30.3 Å². The van der Waals surface area contributed by atoms with Crippen molar-refractivity contribution < 1.29 is 14.0 Å². The van der Waals surface area contributed by atoms with Crippen molar-refractivity contribution in [2.75, 3.05) is 18.4 Å². The van der Waals surface area contributed by atoms with Crippen LogP contribution in [0.15, 0.2) is 52.9 Å². The van der Waals surface area contributed by atoms with Crippen molar-refractivity contribution in [3.8, 4) is 0 Å². The summed E-state index contributed by atoms with van der Waals surface area (Å²) in [5, 5.41) is 3.07. The second-order valence-electron chi connectivity index (χ2n) is 7.32. The number of fused-ring (bicyclic) bond motifs is 1. The number of hydrogen-bond acceptors (Lipinski definition) is 4. The van der Waals surface area contributed by atoms with E-state index in [1.54, 1.807) is 18.7 Å². The summed E-state index contributed by atoms with van der Waals surface area (Å²) in [5.74, 6) is 0.589. The van der Waals surface area contributed by atoms with Crippen LogP contribution in [-0.2, 0) is 15.0 Å². The Balaban J connectivity index is 1.64. The molecule has 6 heteroatoms. The van der Waals surface area contributed by atoms with E-state index in [0.29, 0.717) is 43.1 Å². The Bertz CT molecular complexity index is 1020. The third-order valence-electron chi connectivity index (χ3n) is 5.58. The van der Waals surface area contributed by atoms with Crippen LogP contribution in [0.5, 0.6) is 0 Å². The van der Waals surface area contributed by atoms with Crippen LogP contribution < -0.4 is 5.32 Å². The molecule has 3 aromatic rings. The highest BCUT2D eigenvalue weighted by Gasteiger charge is 2.43. The van der Waals surface area contributed by atoms with Gasteiger partial charge in [0.2, 0.25) is 11.8 Å². The smallest absolute Gasteiger partial charge is 0.235 e. The first-order chi connectivity index (χ1) is 13.5. The van der Waals surface area contributed by atoms with Crippen molar-refractivity contribution in [3.63, 3.8) is 0 Å². The molecule has 28 heavy (non-hydrogen) atoms. The molecule has 6 nitrogen and oxygen atoms in total. The van der Waals surface area contributed by atoms with Gasteiger partial charge < -0.3 is 14.6 Å². The second kappa shape index (κ2) is 7.11. The molecule has 0 unspecified atom stereocenters. The number of rotatable bonds is 3. The van der Waals surface area contributed by atoms with Gasteiger partial charge in [-0.05, 0) is 36.6 Å². The molecule has 0 saturated carbocycles. The minimum absolute atomic E-state index is 0.0499. The Morgan fingerprint density at radius 1 is 1.11 bits per heavy atom. The lowest BCUT2D eigenvalue weighted by molar-refractivity contribution is -0.133. The number of benzene rings is 2. The number of aryl methyl sites for hydroxylation is 1. The average Bonchev–Trinajstić information content (AvgIpc) is 3.08. The van der Waals surface area contributed by atoms with E-state index in [1.807, 2.05) is 48.5 Å². The molecule has 1 aliphatic rings. The number of aromatic nitrogens is 1. The summed E-state index contributed by atoms with van der Waals surface area (Å²) < 4.78 is 5.51. The molecule has 0 radical (unpaired) electrons. The lowest BCUT2D eigenvalue weighted by atomic mass is 9.72. The molecule has 1 saturated heterocycles. The van der Waals surface area contributed by atoms with Gasteiger partial charge >= 0.3 is 0 Å². The summed E-state index contributed by atoms with van der Waals surface area (Å²) in [4.78, 5) is 31.3. The quantitative estimate of drug-likeness (QED) is 0.756. The van der Waals surface area contributed by atoms with Crippen LogP contribution in [0.1, 0.15) is 31.2 Å². The van der Waals surface area contributed by atoms with E-state index in [0.717, 1.165) is 11.1 Å². The fraction of sp³-hybridized carbons (Fsp3) is 0.318. The van der Waals surface area contributed by atoms with Crippen LogP contribution in [0.2, 0.25) is 0 Å². The molecular weight excluding hydrogens is 354 g/mol. The number of nitrogens with one attached hydrogen (secondary N) is 1. The standard InChI is InChI=1S/C22H23N3O3/c1-15-23-19-14-18(8-9-20(19)28-15)24-21(27)22(17-6-4-3-5-7-17)10-12-25(13-11-22)16(2)26/h3-9,14H,10-13H2,1-2H3,(H,24,27). The summed E-state index contributed by atoms with van der Waals surface area (Å²) >= 11 is 0. The molecule has 2 heterocycles. The summed E-state index contributed by atoms with van der Waals surface area (Å²) in [5.41, 5.74) is 2.42. The minimum atomic E-state index is -0.665. The van der Waals surface area contributed by atoms with Gasteiger partial charge in [0.1, 0.15) is 5.52 Å². The maximum atomic E-state index is 13.4. The van der Waals surface area contributed by atoms with Gasteiger partial charge in [-0.3, -0.25) is 9.59 Å². The molecule has 144 valence electrons. The van der Waals surface area contributed by atoms with E-state index in [2.05, 4.69) is 10.3 Å². The maximum Gasteiger partial charge on any atom is 0.235 e. The molecule has 1 N–H and O–H groups in total. The highest BCUT2D eigenvalue weighted by Crippen LogP contribution is 2.37. The number of hydrogen-bond donors (Lipinski definition) is 1. The first-order valence-electron chi connectivity index (χ1n) is 9.48. The normalized spacial score (nSPS) is 16.1. The molecule has 1 aliphatic heterocycles. The highest BCUT2D eigenvalue weighted by molar-refractivity contribution is 6.00. The van der Waals surface area contributed by atoms with Gasteiger partial charge in [0.25, 0.3) is 0 Å². The molecule has 1 fully saturated rings. The summed E-state index contributed by atoms with van der Waals surface area (Å²) in [6.45, 7) is 4.51. The van der Waals surface area contributed by atoms with Gasteiger partial charge in [0.05, 0.1) is 5.41 Å². The van der Waals surface area contributed by atoms with Crippen molar-refractivity contribution in [3.05, 3.63) is 60.0 Å². The second-order valence-corrected chi connectivity index (χ2v) is 7.32. The van der Waals surface area contributed by atoms with Gasteiger partial charge in [0.15, 0.2) is 11.5 Å². The number of anilines is 1. The minimum Gasteiger partial charge on any atom is -0.441 e. The molecule has 0 aliphatic carbocycles. The monoisotopic (exact) mass is 377 g/mol. The number of piperidine rings is 1. The molecule has 2 amide bonds. The molecule has 4 rings (SSSR count). The van der Waals surface area contributed by atoms with E-state index < -0.39 is 5.41 Å².